The molecule has 0 atom stereocenters. The number of benzene rings is 2. The van der Waals surface area contributed by atoms with Crippen molar-refractivity contribution in [3.05, 3.63) is 54.1 Å². The van der Waals surface area contributed by atoms with Crippen molar-refractivity contribution in [2.24, 2.45) is 0 Å². The van der Waals surface area contributed by atoms with Crippen LogP contribution in [0.1, 0.15) is 12.5 Å². The van der Waals surface area contributed by atoms with E-state index in [4.69, 9.17) is 9.47 Å². The van der Waals surface area contributed by atoms with Gasteiger partial charge in [0.15, 0.2) is 13.2 Å². The Labute approximate surface area is 155 Å². The molecule has 0 fully saturated rings. The molecule has 144 valence electrons. The Balaban J connectivity index is 1.77. The number of hydrogen-bond acceptors (Lipinski definition) is 5. The Hall–Kier alpha value is -3.16. The number of anilines is 1. The molecule has 6 nitrogen and oxygen atoms in total. The van der Waals surface area contributed by atoms with Crippen molar-refractivity contribution >= 4 is 17.6 Å². The smallest absolute Gasteiger partial charge is 0.387 e. The van der Waals surface area contributed by atoms with E-state index < -0.39 is 25.1 Å². The topological polar surface area (TPSA) is 73.9 Å². The van der Waals surface area contributed by atoms with Crippen LogP contribution in [0, 0.1) is 0 Å². The molecule has 0 aliphatic heterocycles. The van der Waals surface area contributed by atoms with Crippen molar-refractivity contribution in [3.8, 4) is 11.5 Å². The lowest BCUT2D eigenvalue weighted by Crippen LogP contribution is -2.24. The number of esters is 1. The van der Waals surface area contributed by atoms with Gasteiger partial charge in [0.2, 0.25) is 0 Å². The van der Waals surface area contributed by atoms with Crippen LogP contribution in [0.5, 0.6) is 11.5 Å². The minimum atomic E-state index is -3.02. The molecule has 0 unspecified atom stereocenters. The second kappa shape index (κ2) is 10.1. The first-order valence-electron chi connectivity index (χ1n) is 8.19. The van der Waals surface area contributed by atoms with Gasteiger partial charge in [0.05, 0.1) is 5.69 Å². The fourth-order valence-corrected chi connectivity index (χ4v) is 2.11. The van der Waals surface area contributed by atoms with E-state index in [1.54, 1.807) is 12.1 Å². The van der Waals surface area contributed by atoms with Crippen molar-refractivity contribution in [1.82, 2.24) is 0 Å². The van der Waals surface area contributed by atoms with Crippen molar-refractivity contribution < 1.29 is 32.6 Å². The van der Waals surface area contributed by atoms with Crippen LogP contribution in [-0.4, -0.2) is 31.7 Å². The highest BCUT2D eigenvalue weighted by Gasteiger charge is 2.13. The number of carbonyl (C=O) groups is 2. The van der Waals surface area contributed by atoms with Crippen molar-refractivity contribution in [2.45, 2.75) is 20.0 Å². The molecule has 0 saturated carbocycles. The van der Waals surface area contributed by atoms with Crippen LogP contribution in [0.3, 0.4) is 0 Å². The third kappa shape index (κ3) is 6.93. The maximum Gasteiger partial charge on any atom is 0.387 e. The van der Waals surface area contributed by atoms with Gasteiger partial charge in [-0.1, -0.05) is 31.2 Å². The maximum absolute atomic E-state index is 12.3. The Morgan fingerprint density at radius 1 is 1.04 bits per heavy atom. The number of carbonyl (C=O) groups excluding carboxylic acids is 2. The second-order valence-electron chi connectivity index (χ2n) is 5.37. The Bertz CT molecular complexity index is 765. The minimum Gasteiger partial charge on any atom is -0.482 e. The molecular formula is C19H19F2NO5. The summed E-state index contributed by atoms with van der Waals surface area (Å²) >= 11 is 0. The third-order valence-corrected chi connectivity index (χ3v) is 3.43. The van der Waals surface area contributed by atoms with Gasteiger partial charge in [-0.25, -0.2) is 4.79 Å². The summed E-state index contributed by atoms with van der Waals surface area (Å²) in [5.41, 5.74) is 1.18. The lowest BCUT2D eigenvalue weighted by Gasteiger charge is -2.12. The highest BCUT2D eigenvalue weighted by molar-refractivity contribution is 5.94. The van der Waals surface area contributed by atoms with Gasteiger partial charge in [0.1, 0.15) is 11.5 Å². The number of para-hydroxylation sites is 2. The van der Waals surface area contributed by atoms with E-state index in [1.165, 1.54) is 24.3 Å². The van der Waals surface area contributed by atoms with Crippen LogP contribution in [0.25, 0.3) is 0 Å². The number of rotatable bonds is 9. The van der Waals surface area contributed by atoms with E-state index in [9.17, 15) is 18.4 Å². The molecule has 0 heterocycles. The lowest BCUT2D eigenvalue weighted by molar-refractivity contribution is -0.149. The molecule has 1 amide bonds. The number of aryl methyl sites for hydroxylation is 1. The van der Waals surface area contributed by atoms with Gasteiger partial charge in [0.25, 0.3) is 5.91 Å². The largest absolute Gasteiger partial charge is 0.482 e. The number of halogens is 2. The van der Waals surface area contributed by atoms with Gasteiger partial charge < -0.3 is 19.5 Å². The Kier molecular flexibility index (Phi) is 7.54. The summed E-state index contributed by atoms with van der Waals surface area (Å²) in [4.78, 5) is 23.5. The minimum absolute atomic E-state index is 0.0473. The third-order valence-electron chi connectivity index (χ3n) is 3.43. The van der Waals surface area contributed by atoms with E-state index in [1.807, 2.05) is 19.1 Å². The molecule has 27 heavy (non-hydrogen) atoms. The SMILES string of the molecule is CCc1ccc(OCC(=O)OCC(=O)Nc2ccccc2OC(F)F)cc1. The van der Waals surface area contributed by atoms with E-state index in [0.29, 0.717) is 5.75 Å². The highest BCUT2D eigenvalue weighted by atomic mass is 19.3. The van der Waals surface area contributed by atoms with Gasteiger partial charge in [-0.05, 0) is 36.2 Å². The van der Waals surface area contributed by atoms with Gasteiger partial charge >= 0.3 is 12.6 Å². The average molecular weight is 379 g/mol. The van der Waals surface area contributed by atoms with Crippen LogP contribution >= 0.6 is 0 Å². The summed E-state index contributed by atoms with van der Waals surface area (Å²) in [7, 11) is 0. The predicted molar refractivity (Wildman–Crippen MR) is 94.0 cm³/mol. The molecular weight excluding hydrogens is 360 g/mol. The lowest BCUT2D eigenvalue weighted by atomic mass is 10.2. The van der Waals surface area contributed by atoms with Crippen LogP contribution in [-0.2, 0) is 20.7 Å². The zero-order valence-corrected chi connectivity index (χ0v) is 14.6. The number of nitrogens with one attached hydrogen (secondary N) is 1. The molecule has 1 N–H and O–H groups in total. The summed E-state index contributed by atoms with van der Waals surface area (Å²) in [6, 6.07) is 12.9. The maximum atomic E-state index is 12.3. The number of ether oxygens (including phenoxy) is 3. The molecule has 2 rings (SSSR count). The second-order valence-corrected chi connectivity index (χ2v) is 5.37. The van der Waals surface area contributed by atoms with Crippen LogP contribution < -0.4 is 14.8 Å². The van der Waals surface area contributed by atoms with Crippen molar-refractivity contribution in [3.63, 3.8) is 0 Å². The molecule has 0 radical (unpaired) electrons. The molecule has 2 aromatic carbocycles. The van der Waals surface area contributed by atoms with Gasteiger partial charge in [-0.2, -0.15) is 8.78 Å². The first kappa shape index (κ1) is 20.2. The fourth-order valence-electron chi connectivity index (χ4n) is 2.11. The molecule has 2 aromatic rings. The first-order chi connectivity index (χ1) is 13.0. The Morgan fingerprint density at radius 2 is 1.74 bits per heavy atom. The highest BCUT2D eigenvalue weighted by Crippen LogP contribution is 2.25. The number of amides is 1. The quantitative estimate of drug-likeness (QED) is 0.676. The zero-order chi connectivity index (χ0) is 19.6. The van der Waals surface area contributed by atoms with Crippen LogP contribution in [0.2, 0.25) is 0 Å². The fraction of sp³-hybridized carbons (Fsp3) is 0.263. The molecule has 0 saturated heterocycles. The van der Waals surface area contributed by atoms with E-state index >= 15 is 0 Å². The summed E-state index contributed by atoms with van der Waals surface area (Å²) < 4.78 is 39.1. The van der Waals surface area contributed by atoms with Gasteiger partial charge in [-0.15, -0.1) is 0 Å². The average Bonchev–Trinajstić information content (AvgIpc) is 2.66. The van der Waals surface area contributed by atoms with Gasteiger partial charge in [-0.3, -0.25) is 4.79 Å². The van der Waals surface area contributed by atoms with Crippen molar-refractivity contribution in [1.29, 1.82) is 0 Å². The molecule has 0 aromatic heterocycles. The zero-order valence-electron chi connectivity index (χ0n) is 14.6. The molecule has 0 bridgehead atoms. The first-order valence-corrected chi connectivity index (χ1v) is 8.19. The number of hydrogen-bond donors (Lipinski definition) is 1. The molecule has 0 spiro atoms. The monoisotopic (exact) mass is 379 g/mol. The van der Waals surface area contributed by atoms with Crippen molar-refractivity contribution in [2.75, 3.05) is 18.5 Å². The summed E-state index contributed by atoms with van der Waals surface area (Å²) in [6.07, 6.45) is 0.892. The van der Waals surface area contributed by atoms with E-state index in [-0.39, 0.29) is 18.0 Å². The molecule has 0 aliphatic rings. The standard InChI is InChI=1S/C19H19F2NO5/c1-2-13-7-9-14(10-8-13)25-12-18(24)26-11-17(23)22-15-5-3-4-6-16(15)27-19(20)21/h3-10,19H,2,11-12H2,1H3,(H,22,23). The molecule has 8 heteroatoms. The van der Waals surface area contributed by atoms with E-state index in [0.717, 1.165) is 12.0 Å². The molecule has 0 aliphatic carbocycles. The van der Waals surface area contributed by atoms with Crippen LogP contribution in [0.4, 0.5) is 14.5 Å². The van der Waals surface area contributed by atoms with Crippen LogP contribution in [0.15, 0.2) is 48.5 Å². The number of alkyl halides is 2. The van der Waals surface area contributed by atoms with Gasteiger partial charge in [0, 0.05) is 0 Å². The predicted octanol–water partition coefficient (Wildman–Crippen LogP) is 3.41. The Morgan fingerprint density at radius 3 is 2.41 bits per heavy atom. The summed E-state index contributed by atoms with van der Waals surface area (Å²) in [5.74, 6) is -1.11. The summed E-state index contributed by atoms with van der Waals surface area (Å²) in [5, 5.41) is 2.34. The normalized spacial score (nSPS) is 10.4. The summed E-state index contributed by atoms with van der Waals surface area (Å²) in [6.45, 7) is -1.94. The van der Waals surface area contributed by atoms with E-state index in [2.05, 4.69) is 10.1 Å².